The van der Waals surface area contributed by atoms with Gasteiger partial charge in [-0.05, 0) is 52.2 Å². The van der Waals surface area contributed by atoms with E-state index in [0.29, 0.717) is 18.0 Å². The van der Waals surface area contributed by atoms with Crippen molar-refractivity contribution in [2.75, 3.05) is 18.2 Å². The molecular formula is C14H16BrN3O. The Kier molecular flexibility index (Phi) is 4.27. The van der Waals surface area contributed by atoms with Crippen LogP contribution in [-0.2, 0) is 6.54 Å². The lowest BCUT2D eigenvalue weighted by Gasteiger charge is -2.09. The number of hydrogen-bond acceptors (Lipinski definition) is 4. The molecule has 0 amide bonds. The molecule has 100 valence electrons. The summed E-state index contributed by atoms with van der Waals surface area (Å²) in [7, 11) is 1.61. The van der Waals surface area contributed by atoms with Crippen LogP contribution >= 0.6 is 15.9 Å². The minimum Gasteiger partial charge on any atom is -0.495 e. The number of methoxy groups -OCH3 is 1. The summed E-state index contributed by atoms with van der Waals surface area (Å²) in [6, 6.07) is 7.75. The molecule has 19 heavy (non-hydrogen) atoms. The molecule has 0 aliphatic heterocycles. The Morgan fingerprint density at radius 2 is 2.16 bits per heavy atom. The lowest BCUT2D eigenvalue weighted by Crippen LogP contribution is -2.03. The highest BCUT2D eigenvalue weighted by Crippen LogP contribution is 2.22. The molecule has 5 heteroatoms. The van der Waals surface area contributed by atoms with Gasteiger partial charge in [0, 0.05) is 17.2 Å². The molecule has 0 saturated carbocycles. The molecule has 0 fully saturated rings. The first kappa shape index (κ1) is 13.7. The molecule has 1 aromatic carbocycles. The van der Waals surface area contributed by atoms with Gasteiger partial charge in [-0.15, -0.1) is 0 Å². The number of benzene rings is 1. The molecule has 2 rings (SSSR count). The molecule has 0 spiro atoms. The van der Waals surface area contributed by atoms with Gasteiger partial charge in [0.05, 0.1) is 12.8 Å². The van der Waals surface area contributed by atoms with Gasteiger partial charge in [0.15, 0.2) is 0 Å². The Bertz CT molecular complexity index is 587. The minimum atomic E-state index is 0.641. The maximum atomic E-state index is 5.87. The number of nitrogen functional groups attached to an aromatic ring is 1. The van der Waals surface area contributed by atoms with E-state index in [0.717, 1.165) is 21.4 Å². The summed E-state index contributed by atoms with van der Waals surface area (Å²) in [4.78, 5) is 4.30. The van der Waals surface area contributed by atoms with Crippen molar-refractivity contribution in [2.45, 2.75) is 13.5 Å². The highest BCUT2D eigenvalue weighted by Gasteiger charge is 2.02. The van der Waals surface area contributed by atoms with Crippen molar-refractivity contribution < 1.29 is 4.74 Å². The maximum Gasteiger partial charge on any atom is 0.141 e. The summed E-state index contributed by atoms with van der Waals surface area (Å²) in [5.74, 6) is 1.54. The minimum absolute atomic E-state index is 0.641. The SMILES string of the molecule is COc1ccc(CNc2cc(C)c(Br)cn2)cc1N. The van der Waals surface area contributed by atoms with Crippen LogP contribution < -0.4 is 15.8 Å². The Balaban J connectivity index is 2.05. The molecular weight excluding hydrogens is 306 g/mol. The molecule has 0 radical (unpaired) electrons. The van der Waals surface area contributed by atoms with Crippen LogP contribution in [0, 0.1) is 6.92 Å². The van der Waals surface area contributed by atoms with Crippen molar-refractivity contribution in [1.82, 2.24) is 4.98 Å². The molecule has 1 heterocycles. The predicted molar refractivity (Wildman–Crippen MR) is 81.4 cm³/mol. The fourth-order valence-electron chi connectivity index (χ4n) is 1.72. The van der Waals surface area contributed by atoms with Crippen molar-refractivity contribution in [2.24, 2.45) is 0 Å². The van der Waals surface area contributed by atoms with Crippen LogP contribution in [0.2, 0.25) is 0 Å². The van der Waals surface area contributed by atoms with Crippen molar-refractivity contribution in [3.63, 3.8) is 0 Å². The van der Waals surface area contributed by atoms with Gasteiger partial charge in [-0.25, -0.2) is 4.98 Å². The number of anilines is 2. The van der Waals surface area contributed by atoms with Crippen molar-refractivity contribution in [3.8, 4) is 5.75 Å². The highest BCUT2D eigenvalue weighted by atomic mass is 79.9. The average Bonchev–Trinajstić information content (AvgIpc) is 2.40. The Morgan fingerprint density at radius 1 is 1.37 bits per heavy atom. The first-order valence-corrected chi connectivity index (χ1v) is 6.68. The molecule has 0 bridgehead atoms. The van der Waals surface area contributed by atoms with E-state index in [1.807, 2.05) is 31.2 Å². The molecule has 0 atom stereocenters. The molecule has 0 aliphatic rings. The Hall–Kier alpha value is -1.75. The predicted octanol–water partition coefficient (Wildman–Crippen LogP) is 3.36. The lowest BCUT2D eigenvalue weighted by atomic mass is 10.2. The zero-order chi connectivity index (χ0) is 13.8. The number of halogens is 1. The summed E-state index contributed by atoms with van der Waals surface area (Å²) >= 11 is 3.43. The van der Waals surface area contributed by atoms with Gasteiger partial charge >= 0.3 is 0 Å². The molecule has 4 nitrogen and oxygen atoms in total. The Morgan fingerprint density at radius 3 is 2.79 bits per heavy atom. The molecule has 1 aromatic heterocycles. The van der Waals surface area contributed by atoms with Gasteiger partial charge in [0.1, 0.15) is 11.6 Å². The van der Waals surface area contributed by atoms with Crippen LogP contribution in [0.15, 0.2) is 34.9 Å². The fourth-order valence-corrected chi connectivity index (χ4v) is 1.94. The van der Waals surface area contributed by atoms with Gasteiger partial charge in [-0.1, -0.05) is 6.07 Å². The number of hydrogen-bond donors (Lipinski definition) is 2. The summed E-state index contributed by atoms with van der Waals surface area (Å²) in [6.45, 7) is 2.70. The van der Waals surface area contributed by atoms with Gasteiger partial charge in [0.2, 0.25) is 0 Å². The second-order valence-corrected chi connectivity index (χ2v) is 5.10. The van der Waals surface area contributed by atoms with Crippen LogP contribution in [-0.4, -0.2) is 12.1 Å². The average molecular weight is 322 g/mol. The van der Waals surface area contributed by atoms with Crippen LogP contribution in [0.4, 0.5) is 11.5 Å². The van der Waals surface area contributed by atoms with Gasteiger partial charge in [0.25, 0.3) is 0 Å². The van der Waals surface area contributed by atoms with Crippen LogP contribution in [0.3, 0.4) is 0 Å². The number of ether oxygens (including phenoxy) is 1. The van der Waals surface area contributed by atoms with E-state index >= 15 is 0 Å². The zero-order valence-corrected chi connectivity index (χ0v) is 12.5. The number of nitrogens with one attached hydrogen (secondary N) is 1. The number of rotatable bonds is 4. The third-order valence-corrected chi connectivity index (χ3v) is 3.64. The van der Waals surface area contributed by atoms with Crippen LogP contribution in [0.1, 0.15) is 11.1 Å². The van der Waals surface area contributed by atoms with E-state index in [1.54, 1.807) is 13.3 Å². The van der Waals surface area contributed by atoms with E-state index < -0.39 is 0 Å². The van der Waals surface area contributed by atoms with Crippen LogP contribution in [0.25, 0.3) is 0 Å². The fraction of sp³-hybridized carbons (Fsp3) is 0.214. The summed E-state index contributed by atoms with van der Waals surface area (Å²) in [5, 5.41) is 3.27. The van der Waals surface area contributed by atoms with Gasteiger partial charge < -0.3 is 15.8 Å². The van der Waals surface area contributed by atoms with Crippen molar-refractivity contribution in [3.05, 3.63) is 46.1 Å². The second kappa shape index (κ2) is 5.93. The molecule has 2 aromatic rings. The summed E-state index contributed by atoms with van der Waals surface area (Å²) < 4.78 is 6.13. The number of aromatic nitrogens is 1. The normalized spacial score (nSPS) is 10.3. The van der Waals surface area contributed by atoms with Gasteiger partial charge in [-0.3, -0.25) is 0 Å². The monoisotopic (exact) mass is 321 g/mol. The van der Waals surface area contributed by atoms with Gasteiger partial charge in [-0.2, -0.15) is 0 Å². The van der Waals surface area contributed by atoms with E-state index in [4.69, 9.17) is 10.5 Å². The zero-order valence-electron chi connectivity index (χ0n) is 10.9. The van der Waals surface area contributed by atoms with E-state index in [1.165, 1.54) is 0 Å². The second-order valence-electron chi connectivity index (χ2n) is 4.25. The highest BCUT2D eigenvalue weighted by molar-refractivity contribution is 9.10. The quantitative estimate of drug-likeness (QED) is 0.848. The summed E-state index contributed by atoms with van der Waals surface area (Å²) in [5.41, 5.74) is 8.74. The summed E-state index contributed by atoms with van der Waals surface area (Å²) in [6.07, 6.45) is 1.79. The number of aryl methyl sites for hydroxylation is 1. The first-order valence-electron chi connectivity index (χ1n) is 5.88. The number of pyridine rings is 1. The lowest BCUT2D eigenvalue weighted by molar-refractivity contribution is 0.417. The number of nitrogens with zero attached hydrogens (tertiary/aromatic N) is 1. The van der Waals surface area contributed by atoms with E-state index in [9.17, 15) is 0 Å². The number of nitrogens with two attached hydrogens (primary N) is 1. The van der Waals surface area contributed by atoms with Crippen molar-refractivity contribution in [1.29, 1.82) is 0 Å². The molecule has 3 N–H and O–H groups in total. The smallest absolute Gasteiger partial charge is 0.141 e. The van der Waals surface area contributed by atoms with E-state index in [2.05, 4.69) is 26.2 Å². The molecule has 0 saturated heterocycles. The third-order valence-electron chi connectivity index (χ3n) is 2.81. The van der Waals surface area contributed by atoms with Crippen LogP contribution in [0.5, 0.6) is 5.75 Å². The van der Waals surface area contributed by atoms with Crippen molar-refractivity contribution >= 4 is 27.4 Å². The Labute approximate surface area is 121 Å². The largest absolute Gasteiger partial charge is 0.495 e. The first-order chi connectivity index (χ1) is 9.10. The molecule has 0 unspecified atom stereocenters. The standard InChI is InChI=1S/C14H16BrN3O/c1-9-5-14(18-8-11(9)15)17-7-10-3-4-13(19-2)12(16)6-10/h3-6,8H,7,16H2,1-2H3,(H,17,18). The topological polar surface area (TPSA) is 60.2 Å². The third kappa shape index (κ3) is 3.38. The molecule has 0 aliphatic carbocycles. The maximum absolute atomic E-state index is 5.87. The van der Waals surface area contributed by atoms with E-state index in [-0.39, 0.29) is 0 Å².